The highest BCUT2D eigenvalue weighted by Gasteiger charge is 2.53. The Morgan fingerprint density at radius 2 is 1.91 bits per heavy atom. The van der Waals surface area contributed by atoms with Crippen molar-refractivity contribution in [3.05, 3.63) is 35.9 Å². The van der Waals surface area contributed by atoms with Crippen LogP contribution in [0.5, 0.6) is 0 Å². The summed E-state index contributed by atoms with van der Waals surface area (Å²) in [6.07, 6.45) is 9.46. The molecule has 2 saturated carbocycles. The molecule has 2 heteroatoms. The van der Waals surface area contributed by atoms with Gasteiger partial charge in [0.25, 0.3) is 0 Å². The molecule has 2 nitrogen and oxygen atoms in total. The van der Waals surface area contributed by atoms with Crippen molar-refractivity contribution in [2.45, 2.75) is 56.5 Å². The topological polar surface area (TPSA) is 12.5 Å². The third-order valence-corrected chi connectivity index (χ3v) is 6.26. The molecule has 22 heavy (non-hydrogen) atoms. The summed E-state index contributed by atoms with van der Waals surface area (Å²) in [4.78, 5) is 2.60. The molecule has 0 radical (unpaired) electrons. The van der Waals surface area contributed by atoms with E-state index in [0.29, 0.717) is 5.92 Å². The van der Waals surface area contributed by atoms with E-state index in [1.54, 1.807) is 0 Å². The fraction of sp³-hybridized carbons (Fsp3) is 0.700. The number of likely N-dealkylation sites (tertiary alicyclic amines) is 1. The maximum Gasteiger partial charge on any atom is 0.0754 e. The molecule has 4 rings (SSSR count). The molecular weight excluding hydrogens is 270 g/mol. The molecule has 3 fully saturated rings. The third-order valence-electron chi connectivity index (χ3n) is 6.26. The molecular formula is C20H29NO. The zero-order valence-corrected chi connectivity index (χ0v) is 13.7. The first-order valence-corrected chi connectivity index (χ1v) is 9.27. The van der Waals surface area contributed by atoms with Crippen LogP contribution in [0.4, 0.5) is 0 Å². The Hall–Kier alpha value is -0.860. The second-order valence-corrected chi connectivity index (χ2v) is 7.62. The smallest absolute Gasteiger partial charge is 0.0754 e. The van der Waals surface area contributed by atoms with Gasteiger partial charge in [0.1, 0.15) is 0 Å². The van der Waals surface area contributed by atoms with Gasteiger partial charge in [0, 0.05) is 12.5 Å². The van der Waals surface area contributed by atoms with E-state index in [1.165, 1.54) is 63.6 Å². The van der Waals surface area contributed by atoms with Crippen LogP contribution in [-0.2, 0) is 4.74 Å². The maximum absolute atomic E-state index is 6.61. The number of hydrogen-bond donors (Lipinski definition) is 0. The van der Waals surface area contributed by atoms with E-state index in [0.717, 1.165) is 19.1 Å². The summed E-state index contributed by atoms with van der Waals surface area (Å²) in [5.74, 6) is 1.54. The summed E-state index contributed by atoms with van der Waals surface area (Å²) in [5.41, 5.74) is 1.66. The molecule has 2 aliphatic carbocycles. The lowest BCUT2D eigenvalue weighted by Crippen LogP contribution is -2.39. The quantitative estimate of drug-likeness (QED) is 0.807. The van der Waals surface area contributed by atoms with Crippen LogP contribution in [0.25, 0.3) is 0 Å². The SMILES string of the molecule is c1ccc([C@@H]2CC3CC[C@@]2(OCCN2CCCCC2)C3)cc1. The minimum atomic E-state index is 0.155. The molecule has 120 valence electrons. The van der Waals surface area contributed by atoms with Gasteiger partial charge in [-0.05, 0) is 63.1 Å². The molecule has 1 saturated heterocycles. The zero-order valence-electron chi connectivity index (χ0n) is 13.7. The lowest BCUT2D eigenvalue weighted by Gasteiger charge is -2.36. The minimum absolute atomic E-state index is 0.155. The normalized spacial score (nSPS) is 35.1. The van der Waals surface area contributed by atoms with E-state index < -0.39 is 0 Å². The summed E-state index contributed by atoms with van der Waals surface area (Å²) in [6, 6.07) is 11.1. The fourth-order valence-electron chi connectivity index (χ4n) is 5.12. The van der Waals surface area contributed by atoms with Crippen LogP contribution in [0, 0.1) is 5.92 Å². The Morgan fingerprint density at radius 1 is 1.09 bits per heavy atom. The number of ether oxygens (including phenoxy) is 1. The average molecular weight is 299 g/mol. The first-order valence-electron chi connectivity index (χ1n) is 9.27. The van der Waals surface area contributed by atoms with E-state index >= 15 is 0 Å². The van der Waals surface area contributed by atoms with Gasteiger partial charge < -0.3 is 9.64 Å². The zero-order chi connectivity index (χ0) is 14.8. The van der Waals surface area contributed by atoms with Crippen molar-refractivity contribution in [3.8, 4) is 0 Å². The Labute approximate surface area is 134 Å². The molecule has 0 amide bonds. The lowest BCUT2D eigenvalue weighted by molar-refractivity contribution is -0.0584. The summed E-state index contributed by atoms with van der Waals surface area (Å²) in [5, 5.41) is 0. The van der Waals surface area contributed by atoms with E-state index in [1.807, 2.05) is 0 Å². The predicted octanol–water partition coefficient (Wildman–Crippen LogP) is 4.22. The molecule has 1 aromatic rings. The molecule has 3 atom stereocenters. The van der Waals surface area contributed by atoms with Crippen LogP contribution >= 0.6 is 0 Å². The Balaban J connectivity index is 1.39. The first-order chi connectivity index (χ1) is 10.9. The van der Waals surface area contributed by atoms with Crippen molar-refractivity contribution in [1.29, 1.82) is 0 Å². The standard InChI is InChI=1S/C20H29NO/c1-3-7-18(8-4-1)19-15-17-9-10-20(19,16-17)22-14-13-21-11-5-2-6-12-21/h1,3-4,7-8,17,19H,2,5-6,9-16H2/t17?,19-,20+/m0/s1. The van der Waals surface area contributed by atoms with Gasteiger partial charge in [-0.15, -0.1) is 0 Å². The molecule has 3 aliphatic rings. The van der Waals surface area contributed by atoms with Crippen LogP contribution in [0.15, 0.2) is 30.3 Å². The lowest BCUT2D eigenvalue weighted by atomic mass is 9.80. The van der Waals surface area contributed by atoms with Crippen molar-refractivity contribution >= 4 is 0 Å². The maximum atomic E-state index is 6.61. The monoisotopic (exact) mass is 299 g/mol. The van der Waals surface area contributed by atoms with Crippen molar-refractivity contribution in [2.24, 2.45) is 5.92 Å². The average Bonchev–Trinajstić information content (AvgIpc) is 3.15. The van der Waals surface area contributed by atoms with Gasteiger partial charge in [0.15, 0.2) is 0 Å². The Bertz CT molecular complexity index is 482. The van der Waals surface area contributed by atoms with Gasteiger partial charge in [-0.3, -0.25) is 0 Å². The number of nitrogens with zero attached hydrogens (tertiary/aromatic N) is 1. The van der Waals surface area contributed by atoms with Crippen molar-refractivity contribution in [3.63, 3.8) is 0 Å². The highest BCUT2D eigenvalue weighted by atomic mass is 16.5. The van der Waals surface area contributed by atoms with Crippen LogP contribution in [-0.4, -0.2) is 36.7 Å². The van der Waals surface area contributed by atoms with Crippen LogP contribution in [0.3, 0.4) is 0 Å². The van der Waals surface area contributed by atoms with Crippen molar-refractivity contribution in [1.82, 2.24) is 4.90 Å². The number of rotatable bonds is 5. The second kappa shape index (κ2) is 6.33. The largest absolute Gasteiger partial charge is 0.373 e. The van der Waals surface area contributed by atoms with Gasteiger partial charge in [-0.1, -0.05) is 36.8 Å². The highest BCUT2D eigenvalue weighted by molar-refractivity contribution is 5.27. The van der Waals surface area contributed by atoms with E-state index in [-0.39, 0.29) is 5.60 Å². The molecule has 0 spiro atoms. The van der Waals surface area contributed by atoms with E-state index in [2.05, 4.69) is 35.2 Å². The Kier molecular flexibility index (Phi) is 4.23. The van der Waals surface area contributed by atoms with Gasteiger partial charge in [0.2, 0.25) is 0 Å². The summed E-state index contributed by atoms with van der Waals surface area (Å²) in [7, 11) is 0. The highest BCUT2D eigenvalue weighted by Crippen LogP contribution is 2.57. The van der Waals surface area contributed by atoms with Crippen LogP contribution in [0.1, 0.15) is 56.4 Å². The number of benzene rings is 1. The summed E-state index contributed by atoms with van der Waals surface area (Å²) < 4.78 is 6.61. The molecule has 0 N–H and O–H groups in total. The molecule has 2 bridgehead atoms. The second-order valence-electron chi connectivity index (χ2n) is 7.62. The van der Waals surface area contributed by atoms with Crippen LogP contribution in [0.2, 0.25) is 0 Å². The summed E-state index contributed by atoms with van der Waals surface area (Å²) in [6.45, 7) is 4.62. The summed E-state index contributed by atoms with van der Waals surface area (Å²) >= 11 is 0. The third kappa shape index (κ3) is 2.83. The number of piperidine rings is 1. The van der Waals surface area contributed by atoms with Crippen molar-refractivity contribution in [2.75, 3.05) is 26.2 Å². The van der Waals surface area contributed by atoms with Gasteiger partial charge in [0.05, 0.1) is 12.2 Å². The molecule has 1 aliphatic heterocycles. The molecule has 1 heterocycles. The molecule has 1 unspecified atom stereocenters. The molecule has 0 aromatic heterocycles. The van der Waals surface area contributed by atoms with E-state index in [4.69, 9.17) is 4.74 Å². The predicted molar refractivity (Wildman–Crippen MR) is 90.1 cm³/mol. The number of fused-ring (bicyclic) bond motifs is 2. The van der Waals surface area contributed by atoms with Crippen molar-refractivity contribution < 1.29 is 4.74 Å². The van der Waals surface area contributed by atoms with Crippen LogP contribution < -0.4 is 0 Å². The van der Waals surface area contributed by atoms with E-state index in [9.17, 15) is 0 Å². The van der Waals surface area contributed by atoms with Gasteiger partial charge in [-0.25, -0.2) is 0 Å². The van der Waals surface area contributed by atoms with Gasteiger partial charge >= 0.3 is 0 Å². The Morgan fingerprint density at radius 3 is 2.68 bits per heavy atom. The molecule has 1 aromatic carbocycles. The first kappa shape index (κ1) is 14.7. The minimum Gasteiger partial charge on any atom is -0.373 e. The number of hydrogen-bond acceptors (Lipinski definition) is 2. The fourth-order valence-corrected chi connectivity index (χ4v) is 5.12. The van der Waals surface area contributed by atoms with Gasteiger partial charge in [-0.2, -0.15) is 0 Å².